The number of aldehydes is 1. The highest BCUT2D eigenvalue weighted by atomic mass is 19.3. The smallest absolute Gasteiger partial charge is 0.171 e. The SMILES string of the molecule is CNc1[nH]n(Cc2ccc(CN(C)C)cc2)c1C=O.F.F.OC1=CCCC(OF)=C1.OCCCNO.[HH]. The molecule has 10 nitrogen and oxygen atoms in total. The van der Waals surface area contributed by atoms with Gasteiger partial charge in [-0.15, -0.1) is 0 Å². The average molecular weight is 524 g/mol. The van der Waals surface area contributed by atoms with Crippen LogP contribution in [0.3, 0.4) is 0 Å². The average Bonchev–Trinajstić information content (AvgIpc) is 2.82. The van der Waals surface area contributed by atoms with Crippen molar-refractivity contribution in [3.8, 4) is 0 Å². The van der Waals surface area contributed by atoms with Gasteiger partial charge in [-0.1, -0.05) is 24.3 Å². The molecule has 3 rings (SSSR count). The Morgan fingerprint density at radius 2 is 1.89 bits per heavy atom. The van der Waals surface area contributed by atoms with Gasteiger partial charge < -0.3 is 25.6 Å². The number of rotatable bonds is 10. The number of aliphatic hydroxyl groups excluding tert-OH is 2. The standard InChI is InChI=1S/C14H20N4O.C6H7FO2.C3H9NO2.2FH.H2/c1-15-14-13(10-19)18(16-14)9-12-6-4-11(5-7-12)8-17(2)3;7-9-6-3-1-2-5(8)4-6;5-3-1-2-4-6;;;/h4-7,10,15-16H,8-9H2,1-3H3;2,4,8H,1,3H2;4-6H,1-3H2;3*1H. The minimum atomic E-state index is 0. The normalized spacial score (nSPS) is 11.9. The molecule has 0 saturated heterocycles. The van der Waals surface area contributed by atoms with Crippen molar-refractivity contribution in [1.82, 2.24) is 20.2 Å². The maximum Gasteiger partial charge on any atom is 0.171 e. The van der Waals surface area contributed by atoms with Crippen LogP contribution in [0.15, 0.2) is 47.9 Å². The van der Waals surface area contributed by atoms with E-state index < -0.39 is 0 Å². The highest BCUT2D eigenvalue weighted by Crippen LogP contribution is 2.17. The lowest BCUT2D eigenvalue weighted by atomic mass is 10.1. The van der Waals surface area contributed by atoms with Gasteiger partial charge in [0.15, 0.2) is 12.0 Å². The number of aromatic nitrogens is 2. The molecule has 1 aliphatic carbocycles. The Morgan fingerprint density at radius 1 is 1.25 bits per heavy atom. The lowest BCUT2D eigenvalue weighted by Crippen LogP contribution is -2.20. The topological polar surface area (TPSA) is 135 Å². The predicted molar refractivity (Wildman–Crippen MR) is 135 cm³/mol. The molecule has 0 aliphatic heterocycles. The van der Waals surface area contributed by atoms with Gasteiger partial charge in [-0.05, 0) is 44.1 Å². The van der Waals surface area contributed by atoms with Crippen molar-refractivity contribution in [3.05, 3.63) is 64.8 Å². The van der Waals surface area contributed by atoms with Crippen molar-refractivity contribution in [2.24, 2.45) is 0 Å². The number of aliphatic hydroxyl groups is 2. The minimum Gasteiger partial charge on any atom is -0.508 e. The molecule has 1 heterocycles. The van der Waals surface area contributed by atoms with Crippen LogP contribution in [0, 0.1) is 0 Å². The van der Waals surface area contributed by atoms with Gasteiger partial charge in [0.2, 0.25) is 0 Å². The van der Waals surface area contributed by atoms with Gasteiger partial charge in [0, 0.05) is 45.2 Å². The van der Waals surface area contributed by atoms with Crippen molar-refractivity contribution >= 4 is 12.1 Å². The molecule has 13 heteroatoms. The number of nitrogens with one attached hydrogen (secondary N) is 3. The van der Waals surface area contributed by atoms with E-state index in [2.05, 4.69) is 58.6 Å². The van der Waals surface area contributed by atoms with E-state index >= 15 is 0 Å². The first-order valence-electron chi connectivity index (χ1n) is 10.9. The van der Waals surface area contributed by atoms with Gasteiger partial charge in [0.1, 0.15) is 17.3 Å². The summed E-state index contributed by atoms with van der Waals surface area (Å²) in [6.45, 7) is 2.22. The largest absolute Gasteiger partial charge is 0.508 e. The van der Waals surface area contributed by atoms with Crippen LogP contribution in [0.1, 0.15) is 42.3 Å². The fraction of sp³-hybridized carbons (Fsp3) is 0.435. The fourth-order valence-corrected chi connectivity index (χ4v) is 2.94. The summed E-state index contributed by atoms with van der Waals surface area (Å²) in [6.07, 6.45) is 5.52. The van der Waals surface area contributed by atoms with Crippen molar-refractivity contribution in [2.45, 2.75) is 32.4 Å². The Bertz CT molecular complexity index is 901. The van der Waals surface area contributed by atoms with Crippen molar-refractivity contribution < 1.29 is 40.5 Å². The summed E-state index contributed by atoms with van der Waals surface area (Å²) in [5.74, 6) is 1.04. The number of carbonyl (C=O) groups is 1. The van der Waals surface area contributed by atoms with Crippen LogP contribution < -0.4 is 10.8 Å². The maximum atomic E-state index is 11.3. The number of allylic oxidation sites excluding steroid dienone is 3. The van der Waals surface area contributed by atoms with E-state index in [4.69, 9.17) is 15.4 Å². The van der Waals surface area contributed by atoms with Crippen molar-refractivity contribution in [2.75, 3.05) is 39.6 Å². The molecule has 208 valence electrons. The molecular weight excluding hydrogens is 483 g/mol. The van der Waals surface area contributed by atoms with Gasteiger partial charge in [-0.25, -0.2) is 5.48 Å². The number of nitrogens with zero attached hydrogens (tertiary/aromatic N) is 2. The molecule has 2 aromatic rings. The maximum absolute atomic E-state index is 11.3. The number of carbonyl (C=O) groups excluding carboxylic acids is 1. The number of H-pyrrole nitrogens is 1. The summed E-state index contributed by atoms with van der Waals surface area (Å²) >= 11 is 0. The third-order valence-electron chi connectivity index (χ3n) is 4.62. The monoisotopic (exact) mass is 523 g/mol. The van der Waals surface area contributed by atoms with Crippen LogP contribution in [0.4, 0.5) is 19.8 Å². The molecule has 36 heavy (non-hydrogen) atoms. The number of anilines is 1. The molecule has 6 N–H and O–H groups in total. The number of hydrogen-bond donors (Lipinski definition) is 6. The minimum absolute atomic E-state index is 0. The van der Waals surface area contributed by atoms with E-state index in [0.717, 1.165) is 18.6 Å². The molecular formula is C23H40F3N5O5. The van der Waals surface area contributed by atoms with E-state index in [0.29, 0.717) is 38.0 Å². The first-order valence-corrected chi connectivity index (χ1v) is 10.9. The third-order valence-corrected chi connectivity index (χ3v) is 4.62. The first kappa shape index (κ1) is 34.9. The van der Waals surface area contributed by atoms with Crippen LogP contribution in [0.5, 0.6) is 0 Å². The van der Waals surface area contributed by atoms with Crippen LogP contribution in [-0.2, 0) is 18.0 Å². The Kier molecular flexibility index (Phi) is 19.4. The molecule has 1 aromatic carbocycles. The zero-order valence-electron chi connectivity index (χ0n) is 20.7. The van der Waals surface area contributed by atoms with Crippen molar-refractivity contribution in [3.63, 3.8) is 0 Å². The molecule has 0 bridgehead atoms. The number of hydrogen-bond acceptors (Lipinski definition) is 8. The van der Waals surface area contributed by atoms with E-state index in [1.54, 1.807) is 13.1 Å². The van der Waals surface area contributed by atoms with Gasteiger partial charge in [-0.2, -0.15) is 0 Å². The molecule has 0 saturated carbocycles. The van der Waals surface area contributed by atoms with Gasteiger partial charge in [0.25, 0.3) is 0 Å². The van der Waals surface area contributed by atoms with E-state index in [1.807, 2.05) is 10.2 Å². The summed E-state index contributed by atoms with van der Waals surface area (Å²) in [5, 5.41) is 30.7. The van der Waals surface area contributed by atoms with E-state index in [-0.39, 0.29) is 29.0 Å². The zero-order chi connectivity index (χ0) is 25.3. The molecule has 0 atom stereocenters. The summed E-state index contributed by atoms with van der Waals surface area (Å²) in [4.78, 5) is 16.5. The summed E-state index contributed by atoms with van der Waals surface area (Å²) in [5.41, 5.74) is 5.03. The molecule has 0 fully saturated rings. The van der Waals surface area contributed by atoms with Crippen molar-refractivity contribution in [1.29, 1.82) is 0 Å². The fourth-order valence-electron chi connectivity index (χ4n) is 2.94. The lowest BCUT2D eigenvalue weighted by molar-refractivity contribution is -0.0874. The number of hydroxylamine groups is 1. The zero-order valence-corrected chi connectivity index (χ0v) is 20.7. The summed E-state index contributed by atoms with van der Waals surface area (Å²) < 4.78 is 13.2. The molecule has 0 unspecified atom stereocenters. The Labute approximate surface area is 210 Å². The lowest BCUT2D eigenvalue weighted by Gasteiger charge is -2.20. The number of aromatic amines is 1. The van der Waals surface area contributed by atoms with E-state index in [9.17, 15) is 9.32 Å². The number of halogens is 3. The summed E-state index contributed by atoms with van der Waals surface area (Å²) in [6, 6.07) is 8.44. The van der Waals surface area contributed by atoms with Gasteiger partial charge >= 0.3 is 0 Å². The van der Waals surface area contributed by atoms with Gasteiger partial charge in [0.05, 0.1) is 6.54 Å². The summed E-state index contributed by atoms with van der Waals surface area (Å²) in [7, 11) is 5.90. The first-order chi connectivity index (χ1) is 16.4. The Balaban J connectivity index is -0.000000542. The molecule has 0 amide bonds. The molecule has 1 aromatic heterocycles. The second-order valence-corrected chi connectivity index (χ2v) is 7.72. The highest BCUT2D eigenvalue weighted by Gasteiger charge is 2.11. The van der Waals surface area contributed by atoms with Crippen LogP contribution in [0.2, 0.25) is 0 Å². The Hall–Kier alpha value is -3.26. The highest BCUT2D eigenvalue weighted by molar-refractivity contribution is 5.81. The quantitative estimate of drug-likeness (QED) is 0.158. The third kappa shape index (κ3) is 13.0. The second kappa shape index (κ2) is 20.0. The van der Waals surface area contributed by atoms with Gasteiger partial charge in [-0.3, -0.25) is 28.9 Å². The Morgan fingerprint density at radius 3 is 2.31 bits per heavy atom. The van der Waals surface area contributed by atoms with Crippen LogP contribution >= 0.6 is 0 Å². The second-order valence-electron chi connectivity index (χ2n) is 7.72. The molecule has 1 aliphatic rings. The predicted octanol–water partition coefficient (Wildman–Crippen LogP) is 3.69. The molecule has 0 spiro atoms. The van der Waals surface area contributed by atoms with Crippen LogP contribution in [-0.4, -0.2) is 70.7 Å². The number of benzene rings is 1. The van der Waals surface area contributed by atoms with Crippen LogP contribution in [0.25, 0.3) is 0 Å². The van der Waals surface area contributed by atoms with E-state index in [1.165, 1.54) is 17.2 Å². The molecule has 0 radical (unpaired) electrons.